The van der Waals surface area contributed by atoms with Crippen molar-refractivity contribution in [2.45, 2.75) is 33.3 Å². The van der Waals surface area contributed by atoms with E-state index in [1.807, 2.05) is 25.1 Å². The van der Waals surface area contributed by atoms with Crippen LogP contribution >= 0.6 is 15.9 Å². The molecule has 0 saturated carbocycles. The number of hydrogen-bond donors (Lipinski definition) is 1. The monoisotopic (exact) mass is 366 g/mol. The molecular weight excluding hydrogens is 348 g/mol. The van der Waals surface area contributed by atoms with Gasteiger partial charge in [-0.15, -0.1) is 0 Å². The number of hydrogen-bond acceptors (Lipinski definition) is 3. The van der Waals surface area contributed by atoms with Crippen molar-refractivity contribution in [1.29, 1.82) is 0 Å². The zero-order chi connectivity index (χ0) is 16.3. The maximum atomic E-state index is 12.0. The summed E-state index contributed by atoms with van der Waals surface area (Å²) < 4.78 is 6.59. The van der Waals surface area contributed by atoms with Crippen LogP contribution in [0.15, 0.2) is 28.4 Å². The van der Waals surface area contributed by atoms with Crippen LogP contribution < -0.4 is 10.1 Å². The van der Waals surface area contributed by atoms with Crippen molar-refractivity contribution >= 4 is 33.9 Å². The van der Waals surface area contributed by atoms with Gasteiger partial charge in [-0.3, -0.25) is 9.69 Å². The van der Waals surface area contributed by atoms with Crippen molar-refractivity contribution in [3.8, 4) is 5.75 Å². The van der Waals surface area contributed by atoms with Gasteiger partial charge in [0.25, 0.3) is 5.91 Å². The average molecular weight is 367 g/mol. The van der Waals surface area contributed by atoms with Gasteiger partial charge >= 0.3 is 6.03 Å². The van der Waals surface area contributed by atoms with Gasteiger partial charge in [-0.05, 0) is 60.0 Å². The van der Waals surface area contributed by atoms with E-state index in [9.17, 15) is 9.59 Å². The highest BCUT2D eigenvalue weighted by molar-refractivity contribution is 9.10. The van der Waals surface area contributed by atoms with E-state index in [1.54, 1.807) is 13.0 Å². The Bertz CT molecular complexity index is 628. The Morgan fingerprint density at radius 1 is 1.36 bits per heavy atom. The van der Waals surface area contributed by atoms with Crippen molar-refractivity contribution in [1.82, 2.24) is 10.2 Å². The van der Waals surface area contributed by atoms with Gasteiger partial charge in [-0.2, -0.15) is 0 Å². The van der Waals surface area contributed by atoms with E-state index in [0.29, 0.717) is 6.54 Å². The van der Waals surface area contributed by atoms with Gasteiger partial charge in [0.2, 0.25) is 0 Å². The molecule has 1 aromatic rings. The molecule has 3 amide bonds. The van der Waals surface area contributed by atoms with Crippen LogP contribution in [0.25, 0.3) is 6.08 Å². The molecule has 6 heteroatoms. The number of ether oxygens (including phenoxy) is 1. The smallest absolute Gasteiger partial charge is 0.328 e. The number of amides is 3. The molecule has 1 aromatic carbocycles. The number of carbonyl (C=O) groups is 2. The number of likely N-dealkylation sites (N-methyl/N-ethyl adjacent to an activating group) is 1. The number of imide groups is 1. The largest absolute Gasteiger partial charge is 0.490 e. The van der Waals surface area contributed by atoms with Crippen molar-refractivity contribution < 1.29 is 14.3 Å². The molecule has 1 aliphatic rings. The fourth-order valence-electron chi connectivity index (χ4n) is 2.03. The second-order valence-corrected chi connectivity index (χ2v) is 5.92. The van der Waals surface area contributed by atoms with E-state index in [2.05, 4.69) is 28.2 Å². The second-order valence-electron chi connectivity index (χ2n) is 5.06. The number of carbonyl (C=O) groups excluding carboxylic acids is 2. The minimum absolute atomic E-state index is 0.134. The van der Waals surface area contributed by atoms with Crippen LogP contribution in [0.3, 0.4) is 0 Å². The first-order valence-electron chi connectivity index (χ1n) is 7.27. The minimum Gasteiger partial charge on any atom is -0.490 e. The molecule has 2 rings (SSSR count). The van der Waals surface area contributed by atoms with Gasteiger partial charge in [0.15, 0.2) is 0 Å². The van der Waals surface area contributed by atoms with Gasteiger partial charge in [0.1, 0.15) is 11.4 Å². The topological polar surface area (TPSA) is 58.6 Å². The summed E-state index contributed by atoms with van der Waals surface area (Å²) in [5.41, 5.74) is 1.10. The number of benzene rings is 1. The minimum atomic E-state index is -0.380. The van der Waals surface area contributed by atoms with E-state index >= 15 is 0 Å². The Kier molecular flexibility index (Phi) is 5.24. The van der Waals surface area contributed by atoms with E-state index in [4.69, 9.17) is 4.74 Å². The third-order valence-corrected chi connectivity index (χ3v) is 4.07. The summed E-state index contributed by atoms with van der Waals surface area (Å²) in [6.45, 7) is 6.19. The van der Waals surface area contributed by atoms with Crippen molar-refractivity contribution in [2.75, 3.05) is 6.54 Å². The third-order valence-electron chi connectivity index (χ3n) is 3.45. The molecule has 1 N–H and O–H groups in total. The van der Waals surface area contributed by atoms with Gasteiger partial charge in [-0.25, -0.2) is 4.79 Å². The molecule has 1 fully saturated rings. The molecular formula is C16H19BrN2O3. The van der Waals surface area contributed by atoms with Crippen molar-refractivity contribution in [2.24, 2.45) is 0 Å². The lowest BCUT2D eigenvalue weighted by molar-refractivity contribution is -0.122. The van der Waals surface area contributed by atoms with Crippen LogP contribution in [-0.4, -0.2) is 29.5 Å². The highest BCUT2D eigenvalue weighted by atomic mass is 79.9. The molecule has 0 radical (unpaired) electrons. The quantitative estimate of drug-likeness (QED) is 0.640. The fourth-order valence-corrected chi connectivity index (χ4v) is 2.52. The first-order chi connectivity index (χ1) is 10.5. The summed E-state index contributed by atoms with van der Waals surface area (Å²) >= 11 is 3.47. The summed E-state index contributed by atoms with van der Waals surface area (Å²) in [5, 5.41) is 2.58. The maximum Gasteiger partial charge on any atom is 0.328 e. The molecule has 0 unspecified atom stereocenters. The molecule has 22 heavy (non-hydrogen) atoms. The van der Waals surface area contributed by atoms with E-state index in [1.165, 1.54) is 4.90 Å². The summed E-state index contributed by atoms with van der Waals surface area (Å²) in [4.78, 5) is 24.8. The van der Waals surface area contributed by atoms with Gasteiger partial charge in [-0.1, -0.05) is 13.0 Å². The SMILES string of the molecule is CC[C@H](C)Oc1ccc(/C=C2/NC(=O)N(CC)C2=O)cc1Br. The summed E-state index contributed by atoms with van der Waals surface area (Å²) in [6.07, 6.45) is 2.72. The van der Waals surface area contributed by atoms with Gasteiger partial charge < -0.3 is 10.1 Å². The van der Waals surface area contributed by atoms with Crippen molar-refractivity contribution in [3.63, 3.8) is 0 Å². The van der Waals surface area contributed by atoms with Crippen LogP contribution in [-0.2, 0) is 4.79 Å². The number of nitrogens with zero attached hydrogens (tertiary/aromatic N) is 1. The number of urea groups is 1. The summed E-state index contributed by atoms with van der Waals surface area (Å²) in [5.74, 6) is 0.456. The van der Waals surface area contributed by atoms with E-state index in [-0.39, 0.29) is 23.7 Å². The first kappa shape index (κ1) is 16.5. The number of rotatable bonds is 5. The second kappa shape index (κ2) is 6.96. The molecule has 0 bridgehead atoms. The Balaban J connectivity index is 2.21. The Morgan fingerprint density at radius 3 is 2.64 bits per heavy atom. The first-order valence-corrected chi connectivity index (χ1v) is 8.06. The van der Waals surface area contributed by atoms with Crippen LogP contribution in [0, 0.1) is 0 Å². The highest BCUT2D eigenvalue weighted by Gasteiger charge is 2.31. The lowest BCUT2D eigenvalue weighted by Gasteiger charge is -2.14. The predicted octanol–water partition coefficient (Wildman–Crippen LogP) is 3.54. The van der Waals surface area contributed by atoms with E-state index in [0.717, 1.165) is 22.2 Å². The lowest BCUT2D eigenvalue weighted by Crippen LogP contribution is -2.30. The molecule has 118 valence electrons. The zero-order valence-corrected chi connectivity index (χ0v) is 14.4. The molecule has 1 heterocycles. The Morgan fingerprint density at radius 2 is 2.09 bits per heavy atom. The Labute approximate surface area is 138 Å². The number of halogens is 1. The molecule has 0 aromatic heterocycles. The van der Waals surface area contributed by atoms with Crippen LogP contribution in [0.4, 0.5) is 4.79 Å². The van der Waals surface area contributed by atoms with Crippen LogP contribution in [0.2, 0.25) is 0 Å². The fraction of sp³-hybridized carbons (Fsp3) is 0.375. The van der Waals surface area contributed by atoms with Crippen LogP contribution in [0.5, 0.6) is 5.75 Å². The maximum absolute atomic E-state index is 12.0. The average Bonchev–Trinajstić information content (AvgIpc) is 2.75. The summed E-state index contributed by atoms with van der Waals surface area (Å²) in [7, 11) is 0. The normalized spacial score (nSPS) is 17.8. The summed E-state index contributed by atoms with van der Waals surface area (Å²) in [6, 6.07) is 5.18. The number of nitrogens with one attached hydrogen (secondary N) is 1. The predicted molar refractivity (Wildman–Crippen MR) is 88.4 cm³/mol. The molecule has 0 aliphatic carbocycles. The zero-order valence-electron chi connectivity index (χ0n) is 12.9. The van der Waals surface area contributed by atoms with Crippen molar-refractivity contribution in [3.05, 3.63) is 33.9 Å². The van der Waals surface area contributed by atoms with Crippen LogP contribution in [0.1, 0.15) is 32.8 Å². The third kappa shape index (κ3) is 3.50. The highest BCUT2D eigenvalue weighted by Crippen LogP contribution is 2.28. The molecule has 0 spiro atoms. The molecule has 1 saturated heterocycles. The van der Waals surface area contributed by atoms with Gasteiger partial charge in [0.05, 0.1) is 10.6 Å². The molecule has 1 aliphatic heterocycles. The molecule has 1 atom stereocenters. The van der Waals surface area contributed by atoms with E-state index < -0.39 is 0 Å². The molecule has 5 nitrogen and oxygen atoms in total. The standard InChI is InChI=1S/C16H19BrN2O3/c1-4-10(3)22-14-7-6-11(8-12(14)17)9-13-15(20)19(5-2)16(21)18-13/h6-10H,4-5H2,1-3H3,(H,18,21)/b13-9+/t10-/m0/s1. The van der Waals surface area contributed by atoms with Gasteiger partial charge in [0, 0.05) is 6.54 Å². The lowest BCUT2D eigenvalue weighted by atomic mass is 10.2. The Hall–Kier alpha value is -1.82.